The second kappa shape index (κ2) is 3.44. The molecule has 0 spiro atoms. The van der Waals surface area contributed by atoms with Crippen LogP contribution in [0.5, 0.6) is 0 Å². The molecule has 1 aliphatic rings. The van der Waals surface area contributed by atoms with Gasteiger partial charge in [0.1, 0.15) is 5.28 Å². The molecule has 2 rings (SSSR count). The lowest BCUT2D eigenvalue weighted by molar-refractivity contribution is 0.465. The van der Waals surface area contributed by atoms with Crippen LogP contribution in [0.4, 0.5) is 0 Å². The summed E-state index contributed by atoms with van der Waals surface area (Å²) in [6, 6.07) is 8.73. The van der Waals surface area contributed by atoms with Crippen LogP contribution in [0, 0.1) is 5.92 Å². The average Bonchev–Trinajstić information content (AvgIpc) is 2.93. The first-order valence-corrected chi connectivity index (χ1v) is 6.85. The van der Waals surface area contributed by atoms with Gasteiger partial charge in [0, 0.05) is 5.30 Å². The maximum atomic E-state index is 12.3. The van der Waals surface area contributed by atoms with Crippen molar-refractivity contribution in [3.05, 3.63) is 30.3 Å². The Bertz CT molecular complexity index is 406. The van der Waals surface area contributed by atoms with E-state index in [0.29, 0.717) is 11.7 Å². The lowest BCUT2D eigenvalue weighted by Crippen LogP contribution is -2.30. The van der Waals surface area contributed by atoms with E-state index in [4.69, 9.17) is 5.73 Å². The van der Waals surface area contributed by atoms with Gasteiger partial charge in [-0.2, -0.15) is 0 Å². The smallest absolute Gasteiger partial charge is 0.249 e. The van der Waals surface area contributed by atoms with Gasteiger partial charge < -0.3 is 10.6 Å². The molecule has 0 saturated heterocycles. The first-order chi connectivity index (χ1) is 7.02. The standard InChI is InChI=1S/C11H16NO2P/c1-2-9-8-11(9,12)15(13,14)10-6-4-3-5-7-10/h3-7,9H,2,8,12H2,1H3,(H,13,14)/t9-,11+/m1/s1. The van der Waals surface area contributed by atoms with Crippen LogP contribution in [0.1, 0.15) is 19.8 Å². The second-order valence-corrected chi connectivity index (χ2v) is 6.71. The van der Waals surface area contributed by atoms with E-state index in [1.54, 1.807) is 24.3 Å². The number of nitrogens with two attached hydrogens (primary N) is 1. The van der Waals surface area contributed by atoms with Crippen molar-refractivity contribution in [1.29, 1.82) is 0 Å². The minimum absolute atomic E-state index is 0.188. The highest BCUT2D eigenvalue weighted by atomic mass is 31.2. The predicted molar refractivity (Wildman–Crippen MR) is 61.2 cm³/mol. The summed E-state index contributed by atoms with van der Waals surface area (Å²) in [5.74, 6) is 0.188. The van der Waals surface area contributed by atoms with E-state index in [-0.39, 0.29) is 5.92 Å². The van der Waals surface area contributed by atoms with E-state index in [9.17, 15) is 9.46 Å². The molecule has 15 heavy (non-hydrogen) atoms. The normalized spacial score (nSPS) is 33.4. The molecular formula is C11H16NO2P. The number of hydrogen-bond acceptors (Lipinski definition) is 2. The summed E-state index contributed by atoms with van der Waals surface area (Å²) in [5, 5.41) is -0.397. The molecule has 0 bridgehead atoms. The third kappa shape index (κ3) is 1.55. The number of hydrogen-bond donors (Lipinski definition) is 2. The van der Waals surface area contributed by atoms with Crippen molar-refractivity contribution in [3.63, 3.8) is 0 Å². The van der Waals surface area contributed by atoms with Gasteiger partial charge in [-0.1, -0.05) is 31.5 Å². The van der Waals surface area contributed by atoms with Crippen LogP contribution >= 0.6 is 7.37 Å². The van der Waals surface area contributed by atoms with Crippen molar-refractivity contribution in [3.8, 4) is 0 Å². The zero-order valence-corrected chi connectivity index (χ0v) is 9.65. The first kappa shape index (κ1) is 10.9. The van der Waals surface area contributed by atoms with Crippen LogP contribution in [0.25, 0.3) is 0 Å². The molecule has 4 heteroatoms. The zero-order chi connectivity index (χ0) is 11.1. The summed E-state index contributed by atoms with van der Waals surface area (Å²) in [7, 11) is -3.41. The highest BCUT2D eigenvalue weighted by Crippen LogP contribution is 2.67. The molecular weight excluding hydrogens is 209 g/mol. The average molecular weight is 225 g/mol. The maximum Gasteiger partial charge on any atom is 0.249 e. The van der Waals surface area contributed by atoms with Gasteiger partial charge in [0.15, 0.2) is 0 Å². The van der Waals surface area contributed by atoms with E-state index in [1.165, 1.54) is 0 Å². The van der Waals surface area contributed by atoms with Crippen LogP contribution < -0.4 is 11.0 Å². The fourth-order valence-corrected chi connectivity index (χ4v) is 4.28. The fraction of sp³-hybridized carbons (Fsp3) is 0.455. The summed E-state index contributed by atoms with van der Waals surface area (Å²) in [6.07, 6.45) is 1.53. The van der Waals surface area contributed by atoms with E-state index in [1.807, 2.05) is 13.0 Å². The fourth-order valence-electron chi connectivity index (χ4n) is 2.08. The molecule has 0 heterocycles. The molecule has 1 saturated carbocycles. The minimum atomic E-state index is -3.41. The van der Waals surface area contributed by atoms with Gasteiger partial charge in [-0.25, -0.2) is 0 Å². The Kier molecular flexibility index (Phi) is 2.50. The molecule has 82 valence electrons. The minimum Gasteiger partial charge on any atom is -0.340 e. The van der Waals surface area contributed by atoms with Gasteiger partial charge in [-0.15, -0.1) is 0 Å². The van der Waals surface area contributed by atoms with Crippen molar-refractivity contribution >= 4 is 12.7 Å². The Balaban J connectivity index is 2.33. The molecule has 0 aromatic heterocycles. The predicted octanol–water partition coefficient (Wildman–Crippen LogP) is 1.67. The Morgan fingerprint density at radius 1 is 1.53 bits per heavy atom. The van der Waals surface area contributed by atoms with Gasteiger partial charge in [0.05, 0.1) is 0 Å². The van der Waals surface area contributed by atoms with Gasteiger partial charge in [0.25, 0.3) is 0 Å². The van der Waals surface area contributed by atoms with Crippen molar-refractivity contribution in [2.75, 3.05) is 0 Å². The third-order valence-electron chi connectivity index (χ3n) is 3.28. The van der Waals surface area contributed by atoms with Gasteiger partial charge in [0.2, 0.25) is 7.37 Å². The van der Waals surface area contributed by atoms with Gasteiger partial charge >= 0.3 is 0 Å². The molecule has 0 amide bonds. The molecule has 1 aromatic carbocycles. The summed E-state index contributed by atoms with van der Waals surface area (Å²) in [4.78, 5) is 10.1. The molecule has 0 aliphatic heterocycles. The van der Waals surface area contributed by atoms with Crippen molar-refractivity contribution in [2.45, 2.75) is 25.0 Å². The van der Waals surface area contributed by atoms with Crippen molar-refractivity contribution < 1.29 is 9.46 Å². The van der Waals surface area contributed by atoms with Crippen LogP contribution in [-0.4, -0.2) is 10.2 Å². The maximum absolute atomic E-state index is 12.3. The quantitative estimate of drug-likeness (QED) is 0.769. The molecule has 1 unspecified atom stereocenters. The highest BCUT2D eigenvalue weighted by molar-refractivity contribution is 7.67. The lowest BCUT2D eigenvalue weighted by atomic mass is 10.3. The summed E-state index contributed by atoms with van der Waals surface area (Å²) in [5.41, 5.74) is 6.00. The van der Waals surface area contributed by atoms with Crippen LogP contribution in [0.15, 0.2) is 30.3 Å². The number of rotatable bonds is 3. The molecule has 3 N–H and O–H groups in total. The third-order valence-corrected chi connectivity index (χ3v) is 5.96. The van der Waals surface area contributed by atoms with Gasteiger partial charge in [-0.3, -0.25) is 4.57 Å². The summed E-state index contributed by atoms with van der Waals surface area (Å²) < 4.78 is 12.3. The van der Waals surface area contributed by atoms with E-state index < -0.39 is 12.6 Å². The Morgan fingerprint density at radius 2 is 2.13 bits per heavy atom. The van der Waals surface area contributed by atoms with Crippen molar-refractivity contribution in [1.82, 2.24) is 0 Å². The largest absolute Gasteiger partial charge is 0.340 e. The highest BCUT2D eigenvalue weighted by Gasteiger charge is 2.62. The Hall–Kier alpha value is -0.630. The van der Waals surface area contributed by atoms with Gasteiger partial charge in [-0.05, 0) is 24.5 Å². The van der Waals surface area contributed by atoms with Crippen LogP contribution in [0.3, 0.4) is 0 Å². The summed E-state index contributed by atoms with van der Waals surface area (Å²) >= 11 is 0. The first-order valence-electron chi connectivity index (χ1n) is 5.19. The molecule has 1 aliphatic carbocycles. The molecule has 1 aromatic rings. The molecule has 0 radical (unpaired) electrons. The number of benzene rings is 1. The topological polar surface area (TPSA) is 63.3 Å². The van der Waals surface area contributed by atoms with E-state index >= 15 is 0 Å². The van der Waals surface area contributed by atoms with E-state index in [2.05, 4.69) is 0 Å². The molecule has 3 atom stereocenters. The lowest BCUT2D eigenvalue weighted by Gasteiger charge is -2.19. The second-order valence-electron chi connectivity index (χ2n) is 4.21. The Labute approximate surface area is 89.8 Å². The van der Waals surface area contributed by atoms with Crippen molar-refractivity contribution in [2.24, 2.45) is 11.7 Å². The summed E-state index contributed by atoms with van der Waals surface area (Å²) in [6.45, 7) is 2.00. The SMILES string of the molecule is CC[C@@H]1C[C@]1(N)P(=O)(O)c1ccccc1. The Morgan fingerprint density at radius 3 is 2.60 bits per heavy atom. The zero-order valence-electron chi connectivity index (χ0n) is 8.76. The van der Waals surface area contributed by atoms with Crippen LogP contribution in [-0.2, 0) is 4.57 Å². The molecule has 1 fully saturated rings. The monoisotopic (exact) mass is 225 g/mol. The molecule has 3 nitrogen and oxygen atoms in total. The van der Waals surface area contributed by atoms with Crippen LogP contribution in [0.2, 0.25) is 0 Å². The van der Waals surface area contributed by atoms with E-state index in [0.717, 1.165) is 6.42 Å².